The second-order valence-electron chi connectivity index (χ2n) is 7.96. The lowest BCUT2D eigenvalue weighted by molar-refractivity contribution is 0.589. The van der Waals surface area contributed by atoms with Gasteiger partial charge in [-0.05, 0) is 61.7 Å². The molecule has 176 valence electrons. The summed E-state index contributed by atoms with van der Waals surface area (Å²) in [6.45, 7) is 2.72. The van der Waals surface area contributed by atoms with Crippen molar-refractivity contribution in [3.05, 3.63) is 102 Å². The molecule has 0 saturated carbocycles. The van der Waals surface area contributed by atoms with Crippen molar-refractivity contribution in [2.45, 2.75) is 24.7 Å². The van der Waals surface area contributed by atoms with E-state index in [9.17, 15) is 8.42 Å². The molecule has 2 aromatic heterocycles. The van der Waals surface area contributed by atoms with Gasteiger partial charge in [0.2, 0.25) is 0 Å². The van der Waals surface area contributed by atoms with E-state index in [2.05, 4.69) is 11.1 Å². The number of fused-ring (bicyclic) bond motifs is 1. The highest BCUT2D eigenvalue weighted by Gasteiger charge is 2.22. The lowest BCUT2D eigenvalue weighted by Gasteiger charge is -2.16. The van der Waals surface area contributed by atoms with Gasteiger partial charge in [0.1, 0.15) is 0 Å². The summed E-state index contributed by atoms with van der Waals surface area (Å²) in [6, 6.07) is 18.5. The Morgan fingerprint density at radius 3 is 2.47 bits per heavy atom. The van der Waals surface area contributed by atoms with Gasteiger partial charge in [0.05, 0.1) is 16.1 Å². The van der Waals surface area contributed by atoms with Crippen LogP contribution in [0, 0.1) is 6.92 Å². The van der Waals surface area contributed by atoms with Gasteiger partial charge in [-0.1, -0.05) is 35.9 Å². The quantitative estimate of drug-likeness (QED) is 0.331. The van der Waals surface area contributed by atoms with Gasteiger partial charge >= 0.3 is 0 Å². The Labute approximate surface area is 212 Å². The first kappa shape index (κ1) is 25.7. The molecule has 0 aliphatic carbocycles. The minimum atomic E-state index is -3.72. The lowest BCUT2D eigenvalue weighted by Crippen LogP contribution is -2.12. The molecule has 2 aromatic carbocycles. The number of hydrogen-bond donors (Lipinski definition) is 0. The zero-order chi connectivity index (χ0) is 22.1. The number of halogens is 2. The standard InChI is InChI=1S/C26H23N3O2S.2ClH/c1-19-10-12-23(13-11-19)32(30,31)29-18-22(24-8-2-3-9-25(24)29)16-20-6-5-15-28-26(20)21-7-4-14-27-17-21;;/h2-4,7-14,16-18H,5-6,15H2,1H3;2*1H. The average Bonchev–Trinajstić information content (AvgIpc) is 3.20. The van der Waals surface area contributed by atoms with Gasteiger partial charge in [0, 0.05) is 41.6 Å². The SMILES string of the molecule is Cc1ccc(S(=O)(=O)n2cc(C=C3CCCN=C3c3cccnc3)c3ccccc32)cc1.Cl.Cl. The predicted molar refractivity (Wildman–Crippen MR) is 143 cm³/mol. The summed E-state index contributed by atoms with van der Waals surface area (Å²) in [7, 11) is -3.72. The molecule has 4 aromatic rings. The highest BCUT2D eigenvalue weighted by molar-refractivity contribution is 7.90. The topological polar surface area (TPSA) is 64.3 Å². The second kappa shape index (κ2) is 10.6. The monoisotopic (exact) mass is 513 g/mol. The molecule has 0 spiro atoms. The third kappa shape index (κ3) is 4.80. The van der Waals surface area contributed by atoms with Crippen LogP contribution < -0.4 is 0 Å². The fraction of sp³-hybridized carbons (Fsp3) is 0.154. The summed E-state index contributed by atoms with van der Waals surface area (Å²) in [5.41, 5.74) is 5.56. The molecule has 0 unspecified atom stereocenters. The molecule has 0 atom stereocenters. The third-order valence-corrected chi connectivity index (χ3v) is 7.42. The average molecular weight is 514 g/mol. The first-order valence-corrected chi connectivity index (χ1v) is 12.1. The van der Waals surface area contributed by atoms with Crippen LogP contribution in [0.4, 0.5) is 0 Å². The van der Waals surface area contributed by atoms with Gasteiger partial charge in [-0.15, -0.1) is 24.8 Å². The second-order valence-corrected chi connectivity index (χ2v) is 9.78. The Hall–Kier alpha value is -2.93. The molecule has 1 aliphatic heterocycles. The Kier molecular flexibility index (Phi) is 7.97. The van der Waals surface area contributed by atoms with Crippen molar-refractivity contribution >= 4 is 57.5 Å². The number of aryl methyl sites for hydroxylation is 1. The van der Waals surface area contributed by atoms with Crippen molar-refractivity contribution in [2.24, 2.45) is 4.99 Å². The van der Waals surface area contributed by atoms with Crippen LogP contribution >= 0.6 is 24.8 Å². The van der Waals surface area contributed by atoms with E-state index < -0.39 is 10.0 Å². The molecular weight excluding hydrogens is 489 g/mol. The molecule has 0 bridgehead atoms. The fourth-order valence-electron chi connectivity index (χ4n) is 4.10. The van der Waals surface area contributed by atoms with Crippen molar-refractivity contribution < 1.29 is 8.42 Å². The summed E-state index contributed by atoms with van der Waals surface area (Å²) >= 11 is 0. The zero-order valence-electron chi connectivity index (χ0n) is 18.6. The van der Waals surface area contributed by atoms with Gasteiger partial charge in [-0.3, -0.25) is 9.98 Å². The fourth-order valence-corrected chi connectivity index (χ4v) is 5.48. The number of pyridine rings is 1. The highest BCUT2D eigenvalue weighted by Crippen LogP contribution is 2.30. The minimum absolute atomic E-state index is 0. The summed E-state index contributed by atoms with van der Waals surface area (Å²) in [5, 5.41) is 0.895. The maximum Gasteiger partial charge on any atom is 0.268 e. The number of hydrogen-bond acceptors (Lipinski definition) is 4. The molecule has 8 heteroatoms. The van der Waals surface area contributed by atoms with Gasteiger partial charge in [-0.2, -0.15) is 0 Å². The van der Waals surface area contributed by atoms with Crippen molar-refractivity contribution in [3.63, 3.8) is 0 Å². The molecule has 0 fully saturated rings. The smallest absolute Gasteiger partial charge is 0.268 e. The maximum absolute atomic E-state index is 13.5. The first-order chi connectivity index (χ1) is 15.5. The largest absolute Gasteiger partial charge is 0.284 e. The molecule has 5 rings (SSSR count). The van der Waals surface area contributed by atoms with Crippen LogP contribution in [0.25, 0.3) is 17.0 Å². The molecule has 1 aliphatic rings. The van der Waals surface area contributed by atoms with Gasteiger partial charge < -0.3 is 0 Å². The normalized spacial score (nSPS) is 14.9. The van der Waals surface area contributed by atoms with Crippen molar-refractivity contribution in [1.29, 1.82) is 0 Å². The lowest BCUT2D eigenvalue weighted by atomic mass is 9.95. The first-order valence-electron chi connectivity index (χ1n) is 10.6. The number of para-hydroxylation sites is 1. The van der Waals surface area contributed by atoms with Crippen molar-refractivity contribution in [2.75, 3.05) is 6.54 Å². The number of nitrogens with zero attached hydrogens (tertiary/aromatic N) is 3. The number of benzene rings is 2. The van der Waals surface area contributed by atoms with Gasteiger partial charge in [0.25, 0.3) is 10.0 Å². The molecule has 0 radical (unpaired) electrons. The van der Waals surface area contributed by atoms with E-state index in [1.54, 1.807) is 24.5 Å². The van der Waals surface area contributed by atoms with Gasteiger partial charge in [-0.25, -0.2) is 12.4 Å². The molecule has 0 saturated heterocycles. The number of allylic oxidation sites excluding steroid dienone is 1. The zero-order valence-corrected chi connectivity index (χ0v) is 21.0. The Morgan fingerprint density at radius 2 is 1.74 bits per heavy atom. The van der Waals surface area contributed by atoms with E-state index in [0.717, 1.165) is 52.7 Å². The molecule has 5 nitrogen and oxygen atoms in total. The van der Waals surface area contributed by atoms with E-state index in [1.165, 1.54) is 3.97 Å². The van der Waals surface area contributed by atoms with E-state index in [0.29, 0.717) is 5.52 Å². The van der Waals surface area contributed by atoms with Crippen LogP contribution in [0.2, 0.25) is 0 Å². The maximum atomic E-state index is 13.5. The summed E-state index contributed by atoms with van der Waals surface area (Å²) in [5.74, 6) is 0. The van der Waals surface area contributed by atoms with Crippen LogP contribution in [0.5, 0.6) is 0 Å². The van der Waals surface area contributed by atoms with E-state index in [4.69, 9.17) is 4.99 Å². The van der Waals surface area contributed by atoms with Crippen molar-refractivity contribution in [3.8, 4) is 0 Å². The summed E-state index contributed by atoms with van der Waals surface area (Å²) in [6.07, 6.45) is 9.23. The van der Waals surface area contributed by atoms with Crippen LogP contribution in [0.1, 0.15) is 29.5 Å². The predicted octanol–water partition coefficient (Wildman–Crippen LogP) is 6.09. The third-order valence-electron chi connectivity index (χ3n) is 5.73. The van der Waals surface area contributed by atoms with Crippen molar-refractivity contribution in [1.82, 2.24) is 8.96 Å². The van der Waals surface area contributed by atoms with Crippen LogP contribution in [-0.4, -0.2) is 29.6 Å². The minimum Gasteiger partial charge on any atom is -0.284 e. The Balaban J connectivity index is 0.00000162. The molecule has 3 heterocycles. The van der Waals surface area contributed by atoms with Crippen LogP contribution in [0.15, 0.2) is 94.7 Å². The van der Waals surface area contributed by atoms with E-state index >= 15 is 0 Å². The Bertz CT molecular complexity index is 1460. The van der Waals surface area contributed by atoms with Gasteiger partial charge in [0.15, 0.2) is 0 Å². The van der Waals surface area contributed by atoms with E-state index in [-0.39, 0.29) is 29.7 Å². The highest BCUT2D eigenvalue weighted by atomic mass is 35.5. The molecule has 0 N–H and O–H groups in total. The molecule has 0 amide bonds. The summed E-state index contributed by atoms with van der Waals surface area (Å²) < 4.78 is 28.3. The summed E-state index contributed by atoms with van der Waals surface area (Å²) in [4.78, 5) is 9.26. The molecular formula is C26H25Cl2N3O2S. The van der Waals surface area contributed by atoms with Crippen LogP contribution in [-0.2, 0) is 10.0 Å². The number of rotatable bonds is 4. The number of aromatic nitrogens is 2. The van der Waals surface area contributed by atoms with Crippen LogP contribution in [0.3, 0.4) is 0 Å². The Morgan fingerprint density at radius 1 is 0.971 bits per heavy atom. The molecule has 34 heavy (non-hydrogen) atoms. The van der Waals surface area contributed by atoms with E-state index in [1.807, 2.05) is 61.7 Å². The number of aliphatic imine (C=N–C) groups is 1.